The summed E-state index contributed by atoms with van der Waals surface area (Å²) in [6, 6.07) is 0.344. The summed E-state index contributed by atoms with van der Waals surface area (Å²) in [5.41, 5.74) is 0. The number of hydrogen-bond acceptors (Lipinski definition) is 2. The molecule has 3 nitrogen and oxygen atoms in total. The van der Waals surface area contributed by atoms with Crippen LogP contribution in [0.5, 0.6) is 0 Å². The van der Waals surface area contributed by atoms with Gasteiger partial charge in [0.2, 0.25) is 5.91 Å². The number of carbonyl (C=O) groups is 1. The zero-order valence-corrected chi connectivity index (χ0v) is 10.00. The van der Waals surface area contributed by atoms with Gasteiger partial charge in [0, 0.05) is 12.5 Å². The van der Waals surface area contributed by atoms with E-state index in [1.807, 2.05) is 11.8 Å². The third-order valence-electron chi connectivity index (χ3n) is 3.16. The number of rotatable bonds is 1. The Balaban J connectivity index is 2.06. The molecule has 4 heteroatoms. The van der Waals surface area contributed by atoms with Crippen molar-refractivity contribution in [3.05, 3.63) is 0 Å². The van der Waals surface area contributed by atoms with Crippen molar-refractivity contribution in [3.63, 3.8) is 0 Å². The molecule has 0 aromatic heterocycles. The van der Waals surface area contributed by atoms with Crippen molar-refractivity contribution in [1.29, 1.82) is 0 Å². The fourth-order valence-electron chi connectivity index (χ4n) is 2.40. The number of nitrogens with zero attached hydrogens (tertiary/aromatic N) is 1. The summed E-state index contributed by atoms with van der Waals surface area (Å²) >= 11 is 3.34. The highest BCUT2D eigenvalue weighted by Gasteiger charge is 2.38. The first-order valence-electron chi connectivity index (χ1n) is 5.22. The van der Waals surface area contributed by atoms with Gasteiger partial charge in [0.05, 0.1) is 24.1 Å². The molecule has 2 heterocycles. The van der Waals surface area contributed by atoms with Crippen molar-refractivity contribution < 1.29 is 9.53 Å². The lowest BCUT2D eigenvalue weighted by atomic mass is 9.92. The number of piperidine rings is 1. The van der Waals surface area contributed by atoms with E-state index >= 15 is 0 Å². The SMILES string of the molecule is CC(Br)C(=O)N1CCCC2COCC21. The van der Waals surface area contributed by atoms with Crippen LogP contribution in [0.25, 0.3) is 0 Å². The molecule has 0 saturated carbocycles. The molecule has 0 spiro atoms. The average molecular weight is 262 g/mol. The number of fused-ring (bicyclic) bond motifs is 1. The molecule has 0 bridgehead atoms. The monoisotopic (exact) mass is 261 g/mol. The lowest BCUT2D eigenvalue weighted by molar-refractivity contribution is -0.134. The summed E-state index contributed by atoms with van der Waals surface area (Å²) in [6.45, 7) is 4.36. The van der Waals surface area contributed by atoms with E-state index in [2.05, 4.69) is 15.9 Å². The van der Waals surface area contributed by atoms with Crippen LogP contribution in [0.15, 0.2) is 0 Å². The van der Waals surface area contributed by atoms with E-state index in [1.165, 1.54) is 6.42 Å². The van der Waals surface area contributed by atoms with Gasteiger partial charge in [-0.05, 0) is 19.8 Å². The molecule has 0 aliphatic carbocycles. The van der Waals surface area contributed by atoms with Crippen molar-refractivity contribution in [1.82, 2.24) is 4.90 Å². The Hall–Kier alpha value is -0.0900. The second-order valence-electron chi connectivity index (χ2n) is 4.15. The highest BCUT2D eigenvalue weighted by molar-refractivity contribution is 9.10. The van der Waals surface area contributed by atoms with E-state index in [1.54, 1.807) is 0 Å². The minimum absolute atomic E-state index is 0.0677. The maximum Gasteiger partial charge on any atom is 0.236 e. The molecular weight excluding hydrogens is 246 g/mol. The first-order chi connectivity index (χ1) is 6.70. The third kappa shape index (κ3) is 1.82. The number of alkyl halides is 1. The number of likely N-dealkylation sites (tertiary alicyclic amines) is 1. The second-order valence-corrected chi connectivity index (χ2v) is 5.53. The zero-order chi connectivity index (χ0) is 10.1. The summed E-state index contributed by atoms with van der Waals surface area (Å²) in [7, 11) is 0. The van der Waals surface area contributed by atoms with Gasteiger partial charge in [0.1, 0.15) is 0 Å². The third-order valence-corrected chi connectivity index (χ3v) is 3.55. The predicted octanol–water partition coefficient (Wildman–Crippen LogP) is 1.41. The Morgan fingerprint density at radius 2 is 2.36 bits per heavy atom. The quantitative estimate of drug-likeness (QED) is 0.669. The van der Waals surface area contributed by atoms with Gasteiger partial charge in [-0.25, -0.2) is 0 Å². The molecule has 3 atom stereocenters. The number of ether oxygens (including phenoxy) is 1. The van der Waals surface area contributed by atoms with Crippen LogP contribution in [-0.4, -0.2) is 41.4 Å². The number of amides is 1. The maximum atomic E-state index is 11.9. The Kier molecular flexibility index (Phi) is 3.12. The van der Waals surface area contributed by atoms with Crippen molar-refractivity contribution in [3.8, 4) is 0 Å². The predicted molar refractivity (Wildman–Crippen MR) is 57.4 cm³/mol. The Morgan fingerprint density at radius 3 is 3.07 bits per heavy atom. The van der Waals surface area contributed by atoms with E-state index in [0.29, 0.717) is 12.0 Å². The van der Waals surface area contributed by atoms with Gasteiger partial charge in [0.25, 0.3) is 0 Å². The molecule has 2 fully saturated rings. The molecule has 0 aromatic carbocycles. The van der Waals surface area contributed by atoms with Crippen LogP contribution in [0.4, 0.5) is 0 Å². The van der Waals surface area contributed by atoms with E-state index in [0.717, 1.165) is 26.2 Å². The molecule has 1 amide bonds. The highest BCUT2D eigenvalue weighted by Crippen LogP contribution is 2.29. The zero-order valence-electron chi connectivity index (χ0n) is 8.41. The van der Waals surface area contributed by atoms with Gasteiger partial charge < -0.3 is 9.64 Å². The van der Waals surface area contributed by atoms with Crippen LogP contribution in [0, 0.1) is 5.92 Å². The number of halogens is 1. The molecule has 2 aliphatic rings. The van der Waals surface area contributed by atoms with Gasteiger partial charge in [-0.15, -0.1) is 0 Å². The number of carbonyl (C=O) groups excluding carboxylic acids is 1. The van der Waals surface area contributed by atoms with Crippen molar-refractivity contribution in [2.24, 2.45) is 5.92 Å². The van der Waals surface area contributed by atoms with Gasteiger partial charge >= 0.3 is 0 Å². The summed E-state index contributed by atoms with van der Waals surface area (Å²) in [5.74, 6) is 0.796. The van der Waals surface area contributed by atoms with Crippen LogP contribution in [0.2, 0.25) is 0 Å². The first-order valence-corrected chi connectivity index (χ1v) is 6.14. The first kappa shape index (κ1) is 10.4. The second kappa shape index (κ2) is 4.19. The Morgan fingerprint density at radius 1 is 1.57 bits per heavy atom. The minimum Gasteiger partial charge on any atom is -0.379 e. The summed E-state index contributed by atoms with van der Waals surface area (Å²) < 4.78 is 5.44. The standard InChI is InChI=1S/C10H16BrNO2/c1-7(11)10(13)12-4-2-3-8-5-14-6-9(8)12/h7-9H,2-6H2,1H3. The van der Waals surface area contributed by atoms with E-state index in [9.17, 15) is 4.79 Å². The average Bonchev–Trinajstić information content (AvgIpc) is 2.63. The molecule has 2 aliphatic heterocycles. The van der Waals surface area contributed by atoms with Crippen LogP contribution in [0.3, 0.4) is 0 Å². The van der Waals surface area contributed by atoms with E-state index in [-0.39, 0.29) is 10.7 Å². The minimum atomic E-state index is -0.0677. The van der Waals surface area contributed by atoms with Crippen LogP contribution in [0.1, 0.15) is 19.8 Å². The van der Waals surface area contributed by atoms with Crippen LogP contribution in [-0.2, 0) is 9.53 Å². The molecule has 2 rings (SSSR count). The van der Waals surface area contributed by atoms with Crippen LogP contribution >= 0.6 is 15.9 Å². The largest absolute Gasteiger partial charge is 0.379 e. The Labute approximate surface area is 92.9 Å². The maximum absolute atomic E-state index is 11.9. The summed E-state index contributed by atoms with van der Waals surface area (Å²) in [4.78, 5) is 13.8. The molecule has 14 heavy (non-hydrogen) atoms. The van der Waals surface area contributed by atoms with Gasteiger partial charge in [-0.2, -0.15) is 0 Å². The lowest BCUT2D eigenvalue weighted by Gasteiger charge is -2.37. The molecule has 80 valence electrons. The molecular formula is C10H16BrNO2. The summed E-state index contributed by atoms with van der Waals surface area (Å²) in [5, 5.41) is 0. The molecule has 2 saturated heterocycles. The topological polar surface area (TPSA) is 29.5 Å². The van der Waals surface area contributed by atoms with Crippen molar-refractivity contribution in [2.75, 3.05) is 19.8 Å². The normalized spacial score (nSPS) is 34.0. The van der Waals surface area contributed by atoms with E-state index in [4.69, 9.17) is 4.74 Å². The molecule has 0 aromatic rings. The summed E-state index contributed by atoms with van der Waals surface area (Å²) in [6.07, 6.45) is 2.33. The fraction of sp³-hybridized carbons (Fsp3) is 0.900. The van der Waals surface area contributed by atoms with E-state index < -0.39 is 0 Å². The number of hydrogen-bond donors (Lipinski definition) is 0. The van der Waals surface area contributed by atoms with Crippen LogP contribution < -0.4 is 0 Å². The fourth-order valence-corrected chi connectivity index (χ4v) is 2.66. The molecule has 3 unspecified atom stereocenters. The lowest BCUT2D eigenvalue weighted by Crippen LogP contribution is -2.50. The Bertz CT molecular complexity index is 232. The highest BCUT2D eigenvalue weighted by atomic mass is 79.9. The van der Waals surface area contributed by atoms with Crippen molar-refractivity contribution >= 4 is 21.8 Å². The van der Waals surface area contributed by atoms with Gasteiger partial charge in [-0.3, -0.25) is 4.79 Å². The molecule has 0 radical (unpaired) electrons. The van der Waals surface area contributed by atoms with Crippen molar-refractivity contribution in [2.45, 2.75) is 30.6 Å². The van der Waals surface area contributed by atoms with Gasteiger partial charge in [0.15, 0.2) is 0 Å². The smallest absolute Gasteiger partial charge is 0.236 e. The molecule has 0 N–H and O–H groups in total. The van der Waals surface area contributed by atoms with Gasteiger partial charge in [-0.1, -0.05) is 15.9 Å².